The van der Waals surface area contributed by atoms with Gasteiger partial charge in [0, 0.05) is 13.1 Å². The van der Waals surface area contributed by atoms with Crippen molar-refractivity contribution in [2.45, 2.75) is 26.4 Å². The Labute approximate surface area is 106 Å². The predicted octanol–water partition coefficient (Wildman–Crippen LogP) is 1.64. The molecule has 0 spiro atoms. The van der Waals surface area contributed by atoms with Crippen LogP contribution in [0.25, 0.3) is 0 Å². The lowest BCUT2D eigenvalue weighted by molar-refractivity contribution is 0.0382. The summed E-state index contributed by atoms with van der Waals surface area (Å²) in [6.07, 6.45) is 1.21. The second-order valence-corrected chi connectivity index (χ2v) is 4.50. The summed E-state index contributed by atoms with van der Waals surface area (Å²) < 4.78 is 5.62. The van der Waals surface area contributed by atoms with Gasteiger partial charge in [0.05, 0.1) is 24.1 Å². The van der Waals surface area contributed by atoms with E-state index >= 15 is 0 Å². The molecule has 0 aliphatic carbocycles. The molecule has 94 valence electrons. The molecule has 1 fully saturated rings. The van der Waals surface area contributed by atoms with Gasteiger partial charge in [-0.15, -0.1) is 0 Å². The molecule has 1 aromatic heterocycles. The molecule has 2 heterocycles. The summed E-state index contributed by atoms with van der Waals surface area (Å²) in [5, 5.41) is 0.242. The predicted molar refractivity (Wildman–Crippen MR) is 68.4 cm³/mol. The highest BCUT2D eigenvalue weighted by Crippen LogP contribution is 2.26. The molecule has 0 aromatic carbocycles. The smallest absolute Gasteiger partial charge is 0.224 e. The van der Waals surface area contributed by atoms with E-state index in [1.54, 1.807) is 0 Å². The SMILES string of the molecule is CCC1CN(c2nc(Cl)nc(C)c2N)CCO1. The Morgan fingerprint density at radius 3 is 3.00 bits per heavy atom. The molecule has 1 aliphatic rings. The van der Waals surface area contributed by atoms with Crippen molar-refractivity contribution >= 4 is 23.1 Å². The van der Waals surface area contributed by atoms with Crippen LogP contribution in [0.1, 0.15) is 19.0 Å². The lowest BCUT2D eigenvalue weighted by Gasteiger charge is -2.34. The van der Waals surface area contributed by atoms with Gasteiger partial charge in [-0.1, -0.05) is 6.92 Å². The molecule has 17 heavy (non-hydrogen) atoms. The van der Waals surface area contributed by atoms with E-state index in [0.717, 1.165) is 31.0 Å². The lowest BCUT2D eigenvalue weighted by atomic mass is 10.2. The Morgan fingerprint density at radius 1 is 1.53 bits per heavy atom. The van der Waals surface area contributed by atoms with Crippen LogP contribution in [0, 0.1) is 6.92 Å². The first-order valence-corrected chi connectivity index (χ1v) is 6.15. The number of aromatic nitrogens is 2. The number of nitrogen functional groups attached to an aromatic ring is 1. The molecule has 1 aromatic rings. The molecule has 6 heteroatoms. The molecule has 5 nitrogen and oxygen atoms in total. The summed E-state index contributed by atoms with van der Waals surface area (Å²) in [5.41, 5.74) is 7.33. The molecule has 1 aliphatic heterocycles. The molecule has 0 saturated carbocycles. The van der Waals surface area contributed by atoms with E-state index in [9.17, 15) is 0 Å². The zero-order valence-corrected chi connectivity index (χ0v) is 10.9. The maximum atomic E-state index is 6.00. The number of morpholine rings is 1. The molecule has 0 bridgehead atoms. The zero-order chi connectivity index (χ0) is 12.4. The first kappa shape index (κ1) is 12.4. The van der Waals surface area contributed by atoms with E-state index in [1.807, 2.05) is 6.92 Å². The quantitative estimate of drug-likeness (QED) is 0.815. The molecule has 2 N–H and O–H groups in total. The minimum absolute atomic E-state index is 0.234. The minimum Gasteiger partial charge on any atom is -0.394 e. The molecule has 0 amide bonds. The van der Waals surface area contributed by atoms with Gasteiger partial charge in [-0.05, 0) is 24.9 Å². The molecule has 1 unspecified atom stereocenters. The third kappa shape index (κ3) is 2.61. The number of hydrogen-bond donors (Lipinski definition) is 1. The van der Waals surface area contributed by atoms with Crippen molar-refractivity contribution in [3.63, 3.8) is 0 Å². The second-order valence-electron chi connectivity index (χ2n) is 4.16. The Balaban J connectivity index is 2.27. The molecule has 1 saturated heterocycles. The Kier molecular flexibility index (Phi) is 3.69. The first-order valence-electron chi connectivity index (χ1n) is 5.78. The van der Waals surface area contributed by atoms with Crippen LogP contribution in [-0.4, -0.2) is 35.8 Å². The number of halogens is 1. The lowest BCUT2D eigenvalue weighted by Crippen LogP contribution is -2.43. The highest BCUT2D eigenvalue weighted by Gasteiger charge is 2.22. The monoisotopic (exact) mass is 256 g/mol. The normalized spacial score (nSPS) is 20.6. The fourth-order valence-electron chi connectivity index (χ4n) is 1.93. The van der Waals surface area contributed by atoms with Gasteiger partial charge < -0.3 is 15.4 Å². The number of rotatable bonds is 2. The van der Waals surface area contributed by atoms with Crippen LogP contribution in [0.5, 0.6) is 0 Å². The molecular weight excluding hydrogens is 240 g/mol. The van der Waals surface area contributed by atoms with Gasteiger partial charge >= 0.3 is 0 Å². The van der Waals surface area contributed by atoms with Gasteiger partial charge in [-0.3, -0.25) is 0 Å². The highest BCUT2D eigenvalue weighted by atomic mass is 35.5. The summed E-state index contributed by atoms with van der Waals surface area (Å²) in [6.45, 7) is 6.22. The van der Waals surface area contributed by atoms with Crippen LogP contribution >= 0.6 is 11.6 Å². The van der Waals surface area contributed by atoms with E-state index in [-0.39, 0.29) is 11.4 Å². The van der Waals surface area contributed by atoms with Crippen molar-refractivity contribution in [2.24, 2.45) is 0 Å². The topological polar surface area (TPSA) is 64.3 Å². The van der Waals surface area contributed by atoms with Gasteiger partial charge in [-0.25, -0.2) is 4.98 Å². The summed E-state index contributed by atoms with van der Waals surface area (Å²) in [7, 11) is 0. The Hall–Kier alpha value is -1.07. The fourth-order valence-corrected chi connectivity index (χ4v) is 2.14. The summed E-state index contributed by atoms with van der Waals surface area (Å²) in [5.74, 6) is 0.726. The number of aryl methyl sites for hydroxylation is 1. The first-order chi connectivity index (χ1) is 8.11. The maximum Gasteiger partial charge on any atom is 0.224 e. The maximum absolute atomic E-state index is 6.00. The average Bonchev–Trinajstić information content (AvgIpc) is 2.34. The highest BCUT2D eigenvalue weighted by molar-refractivity contribution is 6.28. The van der Waals surface area contributed by atoms with E-state index in [2.05, 4.69) is 21.8 Å². The van der Waals surface area contributed by atoms with E-state index in [0.29, 0.717) is 12.3 Å². The minimum atomic E-state index is 0.234. The summed E-state index contributed by atoms with van der Waals surface area (Å²) in [4.78, 5) is 10.4. The number of nitrogens with zero attached hydrogens (tertiary/aromatic N) is 3. The van der Waals surface area contributed by atoms with Gasteiger partial charge in [0.25, 0.3) is 0 Å². The molecule has 0 radical (unpaired) electrons. The summed E-state index contributed by atoms with van der Waals surface area (Å²) in [6, 6.07) is 0. The fraction of sp³-hybridized carbons (Fsp3) is 0.636. The third-order valence-electron chi connectivity index (χ3n) is 2.98. The van der Waals surface area contributed by atoms with Crippen molar-refractivity contribution < 1.29 is 4.74 Å². The van der Waals surface area contributed by atoms with E-state index in [4.69, 9.17) is 22.1 Å². The van der Waals surface area contributed by atoms with Crippen LogP contribution in [0.4, 0.5) is 11.5 Å². The van der Waals surface area contributed by atoms with Crippen LogP contribution in [-0.2, 0) is 4.74 Å². The number of ether oxygens (including phenoxy) is 1. The van der Waals surface area contributed by atoms with E-state index in [1.165, 1.54) is 0 Å². The Bertz CT molecular complexity index is 413. The van der Waals surface area contributed by atoms with Crippen molar-refractivity contribution in [3.8, 4) is 0 Å². The van der Waals surface area contributed by atoms with Gasteiger partial charge in [0.2, 0.25) is 5.28 Å². The van der Waals surface area contributed by atoms with Crippen LogP contribution < -0.4 is 10.6 Å². The van der Waals surface area contributed by atoms with Gasteiger partial charge in [-0.2, -0.15) is 4.98 Å². The van der Waals surface area contributed by atoms with E-state index < -0.39 is 0 Å². The van der Waals surface area contributed by atoms with Crippen molar-refractivity contribution in [1.82, 2.24) is 9.97 Å². The second kappa shape index (κ2) is 5.06. The standard InChI is InChI=1S/C11H17ClN4O/c1-3-8-6-16(4-5-17-8)10-9(13)7(2)14-11(12)15-10/h8H,3-6,13H2,1-2H3. The van der Waals surface area contributed by atoms with Crippen LogP contribution in [0.2, 0.25) is 5.28 Å². The van der Waals surface area contributed by atoms with Gasteiger partial charge in [0.1, 0.15) is 0 Å². The van der Waals surface area contributed by atoms with Gasteiger partial charge in [0.15, 0.2) is 5.82 Å². The summed E-state index contributed by atoms with van der Waals surface area (Å²) >= 11 is 5.88. The Morgan fingerprint density at radius 2 is 2.29 bits per heavy atom. The molecule has 2 rings (SSSR count). The third-order valence-corrected chi connectivity index (χ3v) is 3.15. The van der Waals surface area contributed by atoms with Crippen molar-refractivity contribution in [3.05, 3.63) is 11.0 Å². The van der Waals surface area contributed by atoms with Crippen LogP contribution in [0.15, 0.2) is 0 Å². The van der Waals surface area contributed by atoms with Crippen LogP contribution in [0.3, 0.4) is 0 Å². The zero-order valence-electron chi connectivity index (χ0n) is 10.1. The average molecular weight is 257 g/mol. The van der Waals surface area contributed by atoms with Crippen molar-refractivity contribution in [1.29, 1.82) is 0 Å². The largest absolute Gasteiger partial charge is 0.394 e. The number of anilines is 2. The molecular formula is C11H17ClN4O. The number of hydrogen-bond acceptors (Lipinski definition) is 5. The number of nitrogens with two attached hydrogens (primary N) is 1. The molecule has 1 atom stereocenters. The van der Waals surface area contributed by atoms with Crippen molar-refractivity contribution in [2.75, 3.05) is 30.3 Å².